The molecule has 0 saturated carbocycles. The Balaban J connectivity index is 0.549. The molecule has 0 aromatic heterocycles. The second-order valence-electron chi connectivity index (χ2n) is 25.2. The zero-order valence-corrected chi connectivity index (χ0v) is 55.7. The summed E-state index contributed by atoms with van der Waals surface area (Å²) >= 11 is 12.9. The molecule has 6 atom stereocenters. The van der Waals surface area contributed by atoms with Crippen molar-refractivity contribution in [2.45, 2.75) is 136 Å². The van der Waals surface area contributed by atoms with Gasteiger partial charge in [0.15, 0.2) is 21.3 Å². The predicted octanol–water partition coefficient (Wildman–Crippen LogP) is 6.77. The number of hydrogen-bond acceptors (Lipinski definition) is 16. The number of nitriles is 1. The highest BCUT2D eigenvalue weighted by Gasteiger charge is 2.42. The number of carbonyl (C=O) groups excluding carboxylic acids is 6. The Morgan fingerprint density at radius 2 is 1.26 bits per heavy atom. The van der Waals surface area contributed by atoms with Crippen LogP contribution in [0, 0.1) is 23.8 Å². The first-order chi connectivity index (χ1) is 45.2. The maximum Gasteiger partial charge on any atom is 0.315 e. The summed E-state index contributed by atoms with van der Waals surface area (Å²) in [5.74, 6) is -1.07. The van der Waals surface area contributed by atoms with Gasteiger partial charge in [-0.05, 0) is 165 Å². The number of hydrogen-bond donors (Lipinski definition) is 5. The molecule has 6 aliphatic rings. The minimum atomic E-state index is -3.97. The topological polar surface area (TPSA) is 290 Å². The number of rotatable bonds is 28. The van der Waals surface area contributed by atoms with Crippen LogP contribution in [-0.4, -0.2) is 181 Å². The third-order valence-corrected chi connectivity index (χ3v) is 22.6. The number of sulfone groups is 1. The average molecular weight is 1370 g/mol. The minimum Gasteiger partial charge on any atom is -0.484 e. The molecule has 5 N–H and O–H groups in total. The molecule has 4 fully saturated rings. The van der Waals surface area contributed by atoms with Crippen LogP contribution in [0.25, 0.3) is 4.85 Å². The van der Waals surface area contributed by atoms with Gasteiger partial charge in [-0.2, -0.15) is 5.26 Å². The third kappa shape index (κ3) is 18.0. The zero-order chi connectivity index (χ0) is 66.5. The second-order valence-corrected chi connectivity index (χ2v) is 29.8. The van der Waals surface area contributed by atoms with Crippen molar-refractivity contribution in [1.82, 2.24) is 45.6 Å². The van der Waals surface area contributed by atoms with Gasteiger partial charge in [-0.15, -0.1) is 0 Å². The van der Waals surface area contributed by atoms with E-state index in [9.17, 15) is 50.9 Å². The van der Waals surface area contributed by atoms with Crippen molar-refractivity contribution in [3.8, 4) is 17.6 Å². The number of amides is 5. The molecule has 27 heteroatoms. The van der Waals surface area contributed by atoms with Crippen LogP contribution in [0.15, 0.2) is 82.6 Å². The van der Waals surface area contributed by atoms with E-state index in [0.717, 1.165) is 74.4 Å². The van der Waals surface area contributed by atoms with Gasteiger partial charge in [-0.1, -0.05) is 36.0 Å². The SMILES string of the molecule is [C-]#[N+]c1cc(Cl)cc2c1C[C@H](N1CCCCC1)[C@H]2Oc1ccc(S(=O)(=O)N[C@H]2CCN(C(=O)CCC(=O)CNC(=O)NCCCCCC(=O)CCC(=O)NCC(=O)N3CC[C@H](CS(=O)(=O)c4ccc(O[C@H]5c6cc(Cl)cc(C#N)c6C[C@@H]5N5CCNCC5)cc4)C3)C2)cc1. The summed E-state index contributed by atoms with van der Waals surface area (Å²) in [4.78, 5) is 88.1. The highest BCUT2D eigenvalue weighted by atomic mass is 35.5. The Labute approximate surface area is 559 Å². The lowest BCUT2D eigenvalue weighted by Gasteiger charge is -2.36. The molecule has 4 aliphatic heterocycles. The number of nitrogens with one attached hydrogen (secondary N) is 5. The average Bonchev–Trinajstić information content (AvgIpc) is 1.62. The van der Waals surface area contributed by atoms with Gasteiger partial charge < -0.3 is 40.5 Å². The van der Waals surface area contributed by atoms with Crippen molar-refractivity contribution in [2.24, 2.45) is 5.92 Å². The van der Waals surface area contributed by atoms with Crippen LogP contribution in [0.3, 0.4) is 0 Å². The Morgan fingerprint density at radius 1 is 0.638 bits per heavy atom. The Bertz CT molecular complexity index is 3520. The van der Waals surface area contributed by atoms with E-state index in [1.165, 1.54) is 35.6 Å². The number of likely N-dealkylation sites (tertiary alicyclic amines) is 3. The summed E-state index contributed by atoms with van der Waals surface area (Å²) < 4.78 is 70.1. The molecule has 0 radical (unpaired) electrons. The lowest BCUT2D eigenvalue weighted by atomic mass is 10.0. The second kappa shape index (κ2) is 32.0. The van der Waals surface area contributed by atoms with Crippen molar-refractivity contribution < 1.29 is 55.1 Å². The molecule has 0 bridgehead atoms. The number of fused-ring (bicyclic) bond motifs is 2. The molecule has 2 aliphatic carbocycles. The first kappa shape index (κ1) is 69.6. The van der Waals surface area contributed by atoms with Gasteiger partial charge >= 0.3 is 6.03 Å². The number of piperidine rings is 1. The molecule has 5 amide bonds. The molecule has 10 rings (SSSR count). The summed E-state index contributed by atoms with van der Waals surface area (Å²) in [7, 11) is -7.70. The normalized spacial score (nSPS) is 21.4. The molecular weight excluding hydrogens is 1290 g/mol. The van der Waals surface area contributed by atoms with Crippen molar-refractivity contribution in [3.63, 3.8) is 0 Å². The number of ether oxygens (including phenoxy) is 2. The van der Waals surface area contributed by atoms with Crippen molar-refractivity contribution >= 4 is 84.1 Å². The van der Waals surface area contributed by atoms with Gasteiger partial charge in [-0.3, -0.25) is 33.8 Å². The molecule has 4 aromatic rings. The lowest BCUT2D eigenvalue weighted by Crippen LogP contribution is -2.50. The zero-order valence-electron chi connectivity index (χ0n) is 52.6. The van der Waals surface area contributed by atoms with Crippen molar-refractivity contribution in [2.75, 3.05) is 90.8 Å². The van der Waals surface area contributed by atoms with Gasteiger partial charge in [0, 0.05) is 107 Å². The van der Waals surface area contributed by atoms with E-state index in [-0.39, 0.29) is 122 Å². The van der Waals surface area contributed by atoms with E-state index in [4.69, 9.17) is 39.2 Å². The molecule has 23 nitrogen and oxygen atoms in total. The highest BCUT2D eigenvalue weighted by Crippen LogP contribution is 2.45. The van der Waals surface area contributed by atoms with Crippen molar-refractivity contribution in [3.05, 3.63) is 122 Å². The fraction of sp³-hybridized carbons (Fsp3) is 0.522. The largest absolute Gasteiger partial charge is 0.484 e. The first-order valence-electron chi connectivity index (χ1n) is 32.5. The molecule has 0 spiro atoms. The fourth-order valence-electron chi connectivity index (χ4n) is 13.7. The maximum atomic E-state index is 13.6. The van der Waals surface area contributed by atoms with Gasteiger partial charge in [0.1, 0.15) is 29.5 Å². The maximum absolute atomic E-state index is 13.6. The number of piperazine rings is 1. The number of sulfonamides is 1. The minimum absolute atomic E-state index is 0.00357. The monoisotopic (exact) mass is 1370 g/mol. The van der Waals surface area contributed by atoms with E-state index in [2.05, 4.69) is 46.7 Å². The molecule has 94 heavy (non-hydrogen) atoms. The van der Waals surface area contributed by atoms with Gasteiger partial charge in [0.2, 0.25) is 27.7 Å². The van der Waals surface area contributed by atoms with Crippen LogP contribution in [0.4, 0.5) is 10.5 Å². The number of halogens is 2. The molecule has 4 aromatic carbocycles. The van der Waals surface area contributed by atoms with Crippen LogP contribution in [0.1, 0.15) is 123 Å². The smallest absolute Gasteiger partial charge is 0.315 e. The van der Waals surface area contributed by atoms with E-state index in [1.807, 2.05) is 12.1 Å². The molecule has 4 heterocycles. The van der Waals surface area contributed by atoms with Gasteiger partial charge in [-0.25, -0.2) is 31.2 Å². The van der Waals surface area contributed by atoms with Gasteiger partial charge in [0.25, 0.3) is 0 Å². The Morgan fingerprint density at radius 3 is 1.94 bits per heavy atom. The third-order valence-electron chi connectivity index (χ3n) is 18.7. The van der Waals surface area contributed by atoms with E-state index >= 15 is 0 Å². The van der Waals surface area contributed by atoms with Crippen LogP contribution in [0.2, 0.25) is 10.0 Å². The number of carbonyl (C=O) groups is 6. The van der Waals surface area contributed by atoms with Gasteiger partial charge in [0.05, 0.1) is 58.9 Å². The number of benzene rings is 4. The van der Waals surface area contributed by atoms with Crippen LogP contribution in [0.5, 0.6) is 11.5 Å². The van der Waals surface area contributed by atoms with Crippen molar-refractivity contribution in [1.29, 1.82) is 5.26 Å². The van der Waals surface area contributed by atoms with Crippen LogP contribution < -0.4 is 35.5 Å². The molecular formula is C67H81Cl2N11O12S2. The Kier molecular flexibility index (Phi) is 23.7. The van der Waals surface area contributed by atoms with E-state index in [1.54, 1.807) is 41.3 Å². The number of Topliss-reactive ketones (excluding diaryl/α,β-unsaturated/α-hetero) is 2. The predicted molar refractivity (Wildman–Crippen MR) is 352 cm³/mol. The summed E-state index contributed by atoms with van der Waals surface area (Å²) in [6, 6.07) is 20.8. The standard InChI is InChI=1S/C67H81Cl2N11O12S2/c1-71-59-35-47(69)34-58-56(59)37-61(77-26-6-3-7-27-77)66(58)92-52-13-17-54(18-14-52)94(89,90)76-48-22-29-80(42-48)63(84)20-10-50(82)39-75-67(86)73-23-5-2-4-8-49(81)9-19-62(83)74-40-64(85)79-28-21-44(41-79)43-93(87,88)53-15-11-51(12-16-53)91-65-57-33-46(68)32-45(38-70)55(57)36-60(65)78-30-24-72-25-31-78/h11-18,32-35,44,48,60-61,65-66,72,76H,2-10,19-31,36-37,39-43H2,(H,74,83)(H2,73,75,86)/t44-,48-,60-,61-,65-,66-/m0/s1. The number of nitrogens with zero attached hydrogens (tertiary/aromatic N) is 6. The first-order valence-corrected chi connectivity index (χ1v) is 36.4. The quantitative estimate of drug-likeness (QED) is 0.0289. The number of unbranched alkanes of at least 4 members (excludes halogenated alkanes) is 2. The number of ketones is 2. The number of urea groups is 1. The summed E-state index contributed by atoms with van der Waals surface area (Å²) in [6.07, 6.45) is 6.31. The fourth-order valence-corrected chi connectivity index (χ4v) is 17.0. The molecule has 502 valence electrons. The summed E-state index contributed by atoms with van der Waals surface area (Å²) in [5, 5.41) is 21.9. The molecule has 4 saturated heterocycles. The van der Waals surface area contributed by atoms with Crippen LogP contribution >= 0.6 is 23.2 Å². The van der Waals surface area contributed by atoms with Crippen LogP contribution in [-0.2, 0) is 56.7 Å². The Hall–Kier alpha value is -7.20. The summed E-state index contributed by atoms with van der Waals surface area (Å²) in [5.41, 5.74) is 4.61. The summed E-state index contributed by atoms with van der Waals surface area (Å²) in [6.45, 7) is 13.7. The lowest BCUT2D eigenvalue weighted by molar-refractivity contribution is -0.132. The molecule has 0 unspecified atom stereocenters. The highest BCUT2D eigenvalue weighted by molar-refractivity contribution is 7.91. The van der Waals surface area contributed by atoms with E-state index < -0.39 is 50.0 Å². The van der Waals surface area contributed by atoms with E-state index in [0.29, 0.717) is 90.8 Å².